The Morgan fingerprint density at radius 1 is 1.03 bits per heavy atom. The van der Waals surface area contributed by atoms with Crippen LogP contribution in [0.5, 0.6) is 0 Å². The Hall–Kier alpha value is -2.81. The van der Waals surface area contributed by atoms with Gasteiger partial charge < -0.3 is 16.4 Å². The summed E-state index contributed by atoms with van der Waals surface area (Å²) in [5, 5.41) is 7.15. The fraction of sp³-hybridized carbons (Fsp3) is 0.111. The summed E-state index contributed by atoms with van der Waals surface area (Å²) in [4.78, 5) is 14.8. The molecule has 0 saturated heterocycles. The van der Waals surface area contributed by atoms with Gasteiger partial charge in [-0.3, -0.25) is 0 Å². The van der Waals surface area contributed by atoms with Gasteiger partial charge >= 0.3 is 0 Å². The first kappa shape index (κ1) is 19.5. The van der Waals surface area contributed by atoms with Crippen LogP contribution >= 0.6 is 34.8 Å². The van der Waals surface area contributed by atoms with Gasteiger partial charge in [-0.25, -0.2) is 20.0 Å². The number of halogens is 3. The van der Waals surface area contributed by atoms with E-state index in [-0.39, 0.29) is 11.9 Å². The second-order valence-corrected chi connectivity index (χ2v) is 7.47. The summed E-state index contributed by atoms with van der Waals surface area (Å²) in [6.45, 7) is 0.448. The van der Waals surface area contributed by atoms with Crippen molar-refractivity contribution in [1.82, 2.24) is 14.9 Å². The lowest BCUT2D eigenvalue weighted by atomic mass is 10.0. The van der Waals surface area contributed by atoms with E-state index in [1.54, 1.807) is 43.0 Å². The van der Waals surface area contributed by atoms with Gasteiger partial charge in [0.1, 0.15) is 16.8 Å². The Balaban J connectivity index is 1.82. The molecule has 1 atom stereocenters. The van der Waals surface area contributed by atoms with Gasteiger partial charge in [-0.1, -0.05) is 40.9 Å². The molecule has 1 unspecified atom stereocenters. The third-order valence-electron chi connectivity index (χ3n) is 4.27. The highest BCUT2D eigenvalue weighted by Gasteiger charge is 2.32. The summed E-state index contributed by atoms with van der Waals surface area (Å²) in [6.07, 6.45) is 4.97. The molecular formula is C18H15Cl3N8. The Morgan fingerprint density at radius 2 is 1.86 bits per heavy atom. The van der Waals surface area contributed by atoms with Crippen molar-refractivity contribution in [3.05, 3.63) is 57.4 Å². The van der Waals surface area contributed by atoms with Gasteiger partial charge in [0.15, 0.2) is 5.82 Å². The number of hydrazone groups is 1. The zero-order valence-corrected chi connectivity index (χ0v) is 17.1. The molecule has 29 heavy (non-hydrogen) atoms. The minimum Gasteiger partial charge on any atom is -0.384 e. The van der Waals surface area contributed by atoms with Crippen LogP contribution in [0.2, 0.25) is 5.02 Å². The van der Waals surface area contributed by atoms with Gasteiger partial charge in [0.05, 0.1) is 40.9 Å². The summed E-state index contributed by atoms with van der Waals surface area (Å²) >= 11 is 18.9. The van der Waals surface area contributed by atoms with Gasteiger partial charge in [0, 0.05) is 11.8 Å². The predicted molar refractivity (Wildman–Crippen MR) is 119 cm³/mol. The van der Waals surface area contributed by atoms with Crippen LogP contribution in [0.25, 0.3) is 5.57 Å². The molecule has 0 bridgehead atoms. The first-order valence-electron chi connectivity index (χ1n) is 8.46. The molecule has 11 heteroatoms. The monoisotopic (exact) mass is 448 g/mol. The van der Waals surface area contributed by atoms with Gasteiger partial charge in [-0.15, -0.1) is 0 Å². The highest BCUT2D eigenvalue weighted by molar-refractivity contribution is 6.35. The quantitative estimate of drug-likeness (QED) is 0.694. The summed E-state index contributed by atoms with van der Waals surface area (Å²) in [6, 6.07) is 8.25. The van der Waals surface area contributed by atoms with Crippen molar-refractivity contribution in [3.8, 4) is 0 Å². The SMILES string of the molecule is Nc1cccc(C2=C(Cl)N(c3ccc(Cl)c(N)n3)N=CC2N2C=NC=C(Cl)C2)n1. The number of anilines is 3. The van der Waals surface area contributed by atoms with Crippen molar-refractivity contribution in [3.63, 3.8) is 0 Å². The smallest absolute Gasteiger partial charge is 0.157 e. The lowest BCUT2D eigenvalue weighted by Gasteiger charge is -2.35. The first-order chi connectivity index (χ1) is 13.9. The lowest BCUT2D eigenvalue weighted by Crippen LogP contribution is -2.42. The van der Waals surface area contributed by atoms with E-state index in [0.717, 1.165) is 0 Å². The van der Waals surface area contributed by atoms with Gasteiger partial charge in [-0.2, -0.15) is 5.10 Å². The van der Waals surface area contributed by atoms with Crippen molar-refractivity contribution in [2.24, 2.45) is 10.1 Å². The van der Waals surface area contributed by atoms with Gasteiger partial charge in [0.2, 0.25) is 0 Å². The molecule has 0 spiro atoms. The van der Waals surface area contributed by atoms with Crippen molar-refractivity contribution < 1.29 is 0 Å². The molecule has 0 aliphatic carbocycles. The van der Waals surface area contributed by atoms with Crippen molar-refractivity contribution in [2.45, 2.75) is 6.04 Å². The number of rotatable bonds is 3. The Kier molecular flexibility index (Phi) is 5.31. The maximum atomic E-state index is 6.79. The van der Waals surface area contributed by atoms with E-state index in [9.17, 15) is 0 Å². The molecule has 2 aliphatic rings. The van der Waals surface area contributed by atoms with Crippen LogP contribution in [0.3, 0.4) is 0 Å². The zero-order valence-electron chi connectivity index (χ0n) is 14.9. The summed E-state index contributed by atoms with van der Waals surface area (Å²) in [5.74, 6) is 0.958. The number of aliphatic imine (C=N–C) groups is 1. The number of nitrogens with zero attached hydrogens (tertiary/aromatic N) is 6. The molecular weight excluding hydrogens is 435 g/mol. The largest absolute Gasteiger partial charge is 0.384 e. The number of hydrogen-bond acceptors (Lipinski definition) is 8. The lowest BCUT2D eigenvalue weighted by molar-refractivity contribution is 0.475. The number of nitrogens with two attached hydrogens (primary N) is 2. The van der Waals surface area contributed by atoms with Crippen molar-refractivity contribution in [1.29, 1.82) is 0 Å². The highest BCUT2D eigenvalue weighted by Crippen LogP contribution is 2.35. The topological polar surface area (TPSA) is 109 Å². The number of hydrogen-bond donors (Lipinski definition) is 2. The van der Waals surface area contributed by atoms with Crippen LogP contribution in [0.4, 0.5) is 17.5 Å². The molecule has 0 aromatic carbocycles. The molecule has 8 nitrogen and oxygen atoms in total. The number of nitrogen functional groups attached to an aromatic ring is 2. The Morgan fingerprint density at radius 3 is 2.59 bits per heavy atom. The van der Waals surface area contributed by atoms with Crippen LogP contribution in [0.15, 0.2) is 56.8 Å². The third kappa shape index (κ3) is 3.87. The second-order valence-electron chi connectivity index (χ2n) is 6.22. The van der Waals surface area contributed by atoms with E-state index in [2.05, 4.69) is 20.1 Å². The van der Waals surface area contributed by atoms with Crippen LogP contribution in [-0.4, -0.2) is 40.0 Å². The Bertz CT molecular complexity index is 1080. The Labute approximate surface area is 181 Å². The predicted octanol–water partition coefficient (Wildman–Crippen LogP) is 3.50. The molecule has 2 aromatic rings. The van der Waals surface area contributed by atoms with Crippen LogP contribution in [-0.2, 0) is 0 Å². The molecule has 2 aromatic heterocycles. The average Bonchev–Trinajstić information content (AvgIpc) is 2.70. The molecule has 4 N–H and O–H groups in total. The number of pyridine rings is 2. The van der Waals surface area contributed by atoms with Crippen LogP contribution in [0.1, 0.15) is 5.69 Å². The molecule has 0 radical (unpaired) electrons. The molecule has 4 heterocycles. The van der Waals surface area contributed by atoms with Crippen molar-refractivity contribution >= 4 is 70.4 Å². The molecule has 0 fully saturated rings. The van der Waals surface area contributed by atoms with E-state index in [0.29, 0.717) is 44.7 Å². The molecule has 2 aliphatic heterocycles. The minimum absolute atomic E-state index is 0.176. The fourth-order valence-corrected chi connectivity index (χ4v) is 3.59. The first-order valence-corrected chi connectivity index (χ1v) is 9.60. The van der Waals surface area contributed by atoms with Crippen LogP contribution in [0, 0.1) is 0 Å². The fourth-order valence-electron chi connectivity index (χ4n) is 2.95. The standard InChI is InChI=1S/C18H15Cl3N8/c19-10-6-24-9-28(8-10)13-7-25-29(15-5-4-11(20)18(23)27-15)17(21)16(13)12-2-1-3-14(22)26-12/h1-7,9,13H,8H2,(H2,22,26)(H2,23,27). The summed E-state index contributed by atoms with van der Waals surface area (Å²) in [7, 11) is 0. The maximum absolute atomic E-state index is 6.79. The van der Waals surface area contributed by atoms with Gasteiger partial charge in [0.25, 0.3) is 0 Å². The average molecular weight is 450 g/mol. The van der Waals surface area contributed by atoms with E-state index in [1.807, 2.05) is 11.0 Å². The van der Waals surface area contributed by atoms with E-state index >= 15 is 0 Å². The van der Waals surface area contributed by atoms with Gasteiger partial charge in [-0.05, 0) is 24.3 Å². The summed E-state index contributed by atoms with van der Waals surface area (Å²) in [5.41, 5.74) is 13.0. The second kappa shape index (κ2) is 7.90. The third-order valence-corrected chi connectivity index (χ3v) is 5.17. The zero-order chi connectivity index (χ0) is 20.5. The van der Waals surface area contributed by atoms with Crippen LogP contribution < -0.4 is 16.5 Å². The molecule has 0 saturated carbocycles. The number of aromatic nitrogens is 2. The molecule has 148 valence electrons. The van der Waals surface area contributed by atoms with E-state index in [4.69, 9.17) is 46.3 Å². The summed E-state index contributed by atoms with van der Waals surface area (Å²) < 4.78 is 0. The maximum Gasteiger partial charge on any atom is 0.157 e. The van der Waals surface area contributed by atoms with Crippen molar-refractivity contribution in [2.75, 3.05) is 23.0 Å². The normalized spacial score (nSPS) is 19.0. The highest BCUT2D eigenvalue weighted by atomic mass is 35.5. The van der Waals surface area contributed by atoms with E-state index in [1.165, 1.54) is 5.01 Å². The van der Waals surface area contributed by atoms with E-state index < -0.39 is 0 Å². The molecule has 4 rings (SSSR count). The minimum atomic E-state index is -0.371. The molecule has 0 amide bonds.